The minimum absolute atomic E-state index is 0.0699. The molecule has 0 saturated heterocycles. The molecule has 8 nitrogen and oxygen atoms in total. The maximum Gasteiger partial charge on any atom is 0.302 e. The quantitative estimate of drug-likeness (QED) is 0.573. The number of nitrogens with one attached hydrogen (secondary N) is 1. The fourth-order valence-corrected chi connectivity index (χ4v) is 2.52. The smallest absolute Gasteiger partial charge is 0.302 e. The van der Waals surface area contributed by atoms with E-state index >= 15 is 0 Å². The van der Waals surface area contributed by atoms with Crippen LogP contribution in [0.2, 0.25) is 0 Å². The molecule has 0 aliphatic rings. The predicted molar refractivity (Wildman–Crippen MR) is 86.4 cm³/mol. The third-order valence-electron chi connectivity index (χ3n) is 3.77. The van der Waals surface area contributed by atoms with Gasteiger partial charge < -0.3 is 5.32 Å². The first kappa shape index (κ1) is 18.4. The summed E-state index contributed by atoms with van der Waals surface area (Å²) in [5.41, 5.74) is -0.156. The van der Waals surface area contributed by atoms with Crippen LogP contribution in [-0.2, 0) is 6.42 Å². The second kappa shape index (κ2) is 8.08. The first-order valence-electron chi connectivity index (χ1n) is 7.45. The molecule has 0 aliphatic carbocycles. The lowest BCUT2D eigenvalue weighted by atomic mass is 10.00. The molecule has 0 saturated carbocycles. The van der Waals surface area contributed by atoms with Gasteiger partial charge in [0, 0.05) is 17.7 Å². The Balaban J connectivity index is 3.57. The van der Waals surface area contributed by atoms with Crippen molar-refractivity contribution in [1.29, 1.82) is 5.26 Å². The van der Waals surface area contributed by atoms with Crippen molar-refractivity contribution in [3.05, 3.63) is 37.4 Å². The molecule has 1 aromatic carbocycles. The Kier molecular flexibility index (Phi) is 6.45. The summed E-state index contributed by atoms with van der Waals surface area (Å²) in [6, 6.07) is 3.06. The molecule has 1 unspecified atom stereocenters. The molecule has 1 aromatic rings. The zero-order valence-electron chi connectivity index (χ0n) is 13.5. The fraction of sp³-hybridized carbons (Fsp3) is 0.533. The number of benzene rings is 1. The fourth-order valence-electron chi connectivity index (χ4n) is 2.52. The molecule has 0 aliphatic heterocycles. The maximum absolute atomic E-state index is 11.5. The standard InChI is InChI=1S/C15H20N4O4/c1-4-6-12(5-2)17-14-13(18(20)21)9-11(7-8-16)10(3)15(14)19(22)23/h9,12,17H,4-7H2,1-3H3. The van der Waals surface area contributed by atoms with Crippen molar-refractivity contribution in [2.24, 2.45) is 0 Å². The van der Waals surface area contributed by atoms with Crippen LogP contribution in [0.3, 0.4) is 0 Å². The third kappa shape index (κ3) is 4.16. The molecule has 8 heteroatoms. The topological polar surface area (TPSA) is 122 Å². The summed E-state index contributed by atoms with van der Waals surface area (Å²) < 4.78 is 0. The number of hydrogen-bond acceptors (Lipinski definition) is 6. The lowest BCUT2D eigenvalue weighted by molar-refractivity contribution is -0.392. The van der Waals surface area contributed by atoms with Gasteiger partial charge in [-0.15, -0.1) is 0 Å². The van der Waals surface area contributed by atoms with E-state index in [1.807, 2.05) is 19.9 Å². The van der Waals surface area contributed by atoms with Crippen LogP contribution in [0.5, 0.6) is 0 Å². The largest absolute Gasteiger partial charge is 0.371 e. The van der Waals surface area contributed by atoms with E-state index in [9.17, 15) is 20.2 Å². The number of rotatable bonds is 8. The summed E-state index contributed by atoms with van der Waals surface area (Å²) in [6.07, 6.45) is 2.20. The van der Waals surface area contributed by atoms with Gasteiger partial charge in [-0.05, 0) is 25.3 Å². The molecular weight excluding hydrogens is 300 g/mol. The second-order valence-corrected chi connectivity index (χ2v) is 5.29. The molecule has 1 atom stereocenters. The molecule has 0 spiro atoms. The van der Waals surface area contributed by atoms with Crippen molar-refractivity contribution in [2.75, 3.05) is 5.32 Å². The van der Waals surface area contributed by atoms with Crippen LogP contribution in [-0.4, -0.2) is 15.9 Å². The van der Waals surface area contributed by atoms with Crippen molar-refractivity contribution < 1.29 is 9.85 Å². The van der Waals surface area contributed by atoms with Gasteiger partial charge in [0.1, 0.15) is 0 Å². The van der Waals surface area contributed by atoms with Crippen LogP contribution < -0.4 is 5.32 Å². The molecular formula is C15H20N4O4. The Morgan fingerprint density at radius 2 is 1.96 bits per heavy atom. The van der Waals surface area contributed by atoms with E-state index in [4.69, 9.17) is 5.26 Å². The van der Waals surface area contributed by atoms with Gasteiger partial charge >= 0.3 is 5.69 Å². The summed E-state index contributed by atoms with van der Waals surface area (Å²) in [5.74, 6) is 0. The molecule has 0 bridgehead atoms. The molecule has 124 valence electrons. The van der Waals surface area contributed by atoms with E-state index in [-0.39, 0.29) is 35.1 Å². The van der Waals surface area contributed by atoms with Gasteiger partial charge in [0.15, 0.2) is 5.69 Å². The molecule has 0 amide bonds. The van der Waals surface area contributed by atoms with Gasteiger partial charge in [0.05, 0.1) is 22.3 Å². The lowest BCUT2D eigenvalue weighted by Gasteiger charge is -2.18. The van der Waals surface area contributed by atoms with E-state index in [0.29, 0.717) is 12.0 Å². The first-order chi connectivity index (χ1) is 10.9. The summed E-state index contributed by atoms with van der Waals surface area (Å²) in [6.45, 7) is 5.41. The van der Waals surface area contributed by atoms with Gasteiger partial charge in [-0.2, -0.15) is 5.26 Å². The number of nitriles is 1. The van der Waals surface area contributed by atoms with E-state index in [2.05, 4.69) is 5.32 Å². The van der Waals surface area contributed by atoms with Crippen LogP contribution in [0, 0.1) is 38.5 Å². The summed E-state index contributed by atoms with van der Waals surface area (Å²) in [7, 11) is 0. The number of nitrogens with zero attached hydrogens (tertiary/aromatic N) is 3. The van der Waals surface area contributed by atoms with Gasteiger partial charge in [-0.25, -0.2) is 0 Å². The second-order valence-electron chi connectivity index (χ2n) is 5.29. The minimum Gasteiger partial charge on any atom is -0.371 e. The highest BCUT2D eigenvalue weighted by Crippen LogP contribution is 2.40. The SMILES string of the molecule is CCCC(CC)Nc1c([N+](=O)[O-])cc(CC#N)c(C)c1[N+](=O)[O-]. The highest BCUT2D eigenvalue weighted by Gasteiger charge is 2.31. The van der Waals surface area contributed by atoms with E-state index < -0.39 is 9.85 Å². The summed E-state index contributed by atoms with van der Waals surface area (Å²) in [4.78, 5) is 21.5. The molecule has 0 aromatic heterocycles. The highest BCUT2D eigenvalue weighted by atomic mass is 16.6. The average molecular weight is 320 g/mol. The first-order valence-corrected chi connectivity index (χ1v) is 7.45. The minimum atomic E-state index is -0.645. The zero-order chi connectivity index (χ0) is 17.6. The molecule has 0 heterocycles. The van der Waals surface area contributed by atoms with Gasteiger partial charge in [0.25, 0.3) is 5.69 Å². The molecule has 23 heavy (non-hydrogen) atoms. The van der Waals surface area contributed by atoms with Crippen LogP contribution in [0.25, 0.3) is 0 Å². The Morgan fingerprint density at radius 1 is 1.30 bits per heavy atom. The maximum atomic E-state index is 11.5. The van der Waals surface area contributed by atoms with E-state index in [1.165, 1.54) is 13.0 Å². The molecule has 1 rings (SSSR count). The van der Waals surface area contributed by atoms with Crippen LogP contribution in [0.1, 0.15) is 44.2 Å². The number of hydrogen-bond donors (Lipinski definition) is 1. The number of anilines is 1. The Morgan fingerprint density at radius 3 is 2.39 bits per heavy atom. The molecule has 1 N–H and O–H groups in total. The van der Waals surface area contributed by atoms with Crippen LogP contribution in [0.15, 0.2) is 6.07 Å². The van der Waals surface area contributed by atoms with Crippen molar-refractivity contribution in [3.8, 4) is 6.07 Å². The molecule has 0 radical (unpaired) electrons. The Labute approximate surface area is 134 Å². The number of nitro groups is 2. The number of nitro benzene ring substituents is 2. The van der Waals surface area contributed by atoms with Crippen molar-refractivity contribution in [3.63, 3.8) is 0 Å². The Bertz CT molecular complexity index is 652. The Hall–Kier alpha value is -2.69. The van der Waals surface area contributed by atoms with E-state index in [0.717, 1.165) is 12.8 Å². The normalized spacial score (nSPS) is 11.6. The van der Waals surface area contributed by atoms with Crippen LogP contribution in [0.4, 0.5) is 17.1 Å². The zero-order valence-corrected chi connectivity index (χ0v) is 13.5. The van der Waals surface area contributed by atoms with Gasteiger partial charge in [0.2, 0.25) is 0 Å². The summed E-state index contributed by atoms with van der Waals surface area (Å²) in [5, 5.41) is 34.6. The average Bonchev–Trinajstić information content (AvgIpc) is 2.48. The van der Waals surface area contributed by atoms with Crippen molar-refractivity contribution >= 4 is 17.1 Å². The van der Waals surface area contributed by atoms with E-state index in [1.54, 1.807) is 0 Å². The predicted octanol–water partition coefficient (Wildman–Crippen LogP) is 3.87. The van der Waals surface area contributed by atoms with Gasteiger partial charge in [-0.1, -0.05) is 20.3 Å². The summed E-state index contributed by atoms with van der Waals surface area (Å²) >= 11 is 0. The third-order valence-corrected chi connectivity index (χ3v) is 3.77. The van der Waals surface area contributed by atoms with Gasteiger partial charge in [-0.3, -0.25) is 20.2 Å². The highest BCUT2D eigenvalue weighted by molar-refractivity contribution is 5.78. The van der Waals surface area contributed by atoms with Crippen LogP contribution >= 0.6 is 0 Å². The monoisotopic (exact) mass is 320 g/mol. The van der Waals surface area contributed by atoms with Crippen molar-refractivity contribution in [1.82, 2.24) is 0 Å². The van der Waals surface area contributed by atoms with Crippen molar-refractivity contribution in [2.45, 2.75) is 52.5 Å². The molecule has 0 fully saturated rings. The lowest BCUT2D eigenvalue weighted by Crippen LogP contribution is -2.20.